The number of benzene rings is 1. The van der Waals surface area contributed by atoms with E-state index in [4.69, 9.17) is 9.47 Å². The molecule has 9 heteroatoms. The minimum Gasteiger partial charge on any atom is -0.444 e. The summed E-state index contributed by atoms with van der Waals surface area (Å²) >= 11 is 0. The Hall–Kier alpha value is -2.18. The summed E-state index contributed by atoms with van der Waals surface area (Å²) in [6, 6.07) is 7.56. The summed E-state index contributed by atoms with van der Waals surface area (Å²) in [5.74, 6) is -0.619. The Kier molecular flexibility index (Phi) is 7.44. The maximum atomic E-state index is 14.7. The summed E-state index contributed by atoms with van der Waals surface area (Å²) < 4.78 is 48.1. The van der Waals surface area contributed by atoms with E-state index in [0.717, 1.165) is 6.26 Å². The molecule has 1 amide bonds. The molecule has 29 heavy (non-hydrogen) atoms. The van der Waals surface area contributed by atoms with Crippen LogP contribution in [0.2, 0.25) is 0 Å². The highest BCUT2D eigenvalue weighted by molar-refractivity contribution is 7.92. The SMILES string of the molecule is COC(CC(C)(C#N)S(C)(=O)=O)C(C)(NC(=O)OC(C)(C)C)c1ccccc1F. The van der Waals surface area contributed by atoms with Crippen LogP contribution in [0.4, 0.5) is 9.18 Å². The fraction of sp³-hybridized carbons (Fsp3) is 0.600. The van der Waals surface area contributed by atoms with E-state index in [1.165, 1.54) is 39.2 Å². The van der Waals surface area contributed by atoms with E-state index >= 15 is 0 Å². The molecule has 7 nitrogen and oxygen atoms in total. The number of hydrogen-bond donors (Lipinski definition) is 1. The number of amides is 1. The topological polar surface area (TPSA) is 105 Å². The second-order valence-electron chi connectivity index (χ2n) is 8.35. The molecule has 0 aliphatic rings. The number of alkyl carbamates (subject to hydrolysis) is 1. The Morgan fingerprint density at radius 2 is 1.79 bits per heavy atom. The number of rotatable bonds is 7. The van der Waals surface area contributed by atoms with E-state index in [0.29, 0.717) is 0 Å². The lowest BCUT2D eigenvalue weighted by Gasteiger charge is -2.40. The van der Waals surface area contributed by atoms with Crippen LogP contribution in [0.3, 0.4) is 0 Å². The Morgan fingerprint density at radius 1 is 1.24 bits per heavy atom. The van der Waals surface area contributed by atoms with Gasteiger partial charge in [-0.25, -0.2) is 17.6 Å². The molecule has 1 aromatic carbocycles. The van der Waals surface area contributed by atoms with Gasteiger partial charge in [-0.1, -0.05) is 18.2 Å². The van der Waals surface area contributed by atoms with Crippen molar-refractivity contribution >= 4 is 15.9 Å². The molecule has 0 aromatic heterocycles. The van der Waals surface area contributed by atoms with Crippen LogP contribution in [0, 0.1) is 17.1 Å². The summed E-state index contributed by atoms with van der Waals surface area (Å²) in [5, 5.41) is 12.1. The summed E-state index contributed by atoms with van der Waals surface area (Å²) in [6.45, 7) is 7.80. The van der Waals surface area contributed by atoms with Crippen molar-refractivity contribution in [1.29, 1.82) is 5.26 Å². The van der Waals surface area contributed by atoms with Gasteiger partial charge in [-0.3, -0.25) is 0 Å². The molecule has 0 fully saturated rings. The van der Waals surface area contributed by atoms with Crippen LogP contribution in [0.1, 0.15) is 46.6 Å². The smallest absolute Gasteiger partial charge is 0.408 e. The number of carbonyl (C=O) groups excluding carboxylic acids is 1. The van der Waals surface area contributed by atoms with Gasteiger partial charge in [-0.15, -0.1) is 0 Å². The van der Waals surface area contributed by atoms with E-state index in [1.807, 2.05) is 6.07 Å². The predicted octanol–water partition coefficient (Wildman–Crippen LogP) is 3.30. The summed E-state index contributed by atoms with van der Waals surface area (Å²) in [6.07, 6.45) is -1.25. The third-order valence-electron chi connectivity index (χ3n) is 4.75. The van der Waals surface area contributed by atoms with Crippen molar-refractivity contribution in [2.75, 3.05) is 13.4 Å². The van der Waals surface area contributed by atoms with Crippen molar-refractivity contribution in [3.8, 4) is 6.07 Å². The summed E-state index contributed by atoms with van der Waals surface area (Å²) in [4.78, 5) is 12.5. The minimum absolute atomic E-state index is 0.0755. The molecular weight excluding hydrogens is 399 g/mol. The van der Waals surface area contributed by atoms with Crippen LogP contribution >= 0.6 is 0 Å². The molecule has 0 radical (unpaired) electrons. The Morgan fingerprint density at radius 3 is 2.21 bits per heavy atom. The van der Waals surface area contributed by atoms with Gasteiger partial charge in [0.25, 0.3) is 0 Å². The Labute approximate surface area is 172 Å². The highest BCUT2D eigenvalue weighted by Crippen LogP contribution is 2.35. The van der Waals surface area contributed by atoms with Gasteiger partial charge in [0.15, 0.2) is 14.6 Å². The molecule has 0 heterocycles. The zero-order chi connectivity index (χ0) is 22.7. The van der Waals surface area contributed by atoms with Gasteiger partial charge >= 0.3 is 6.09 Å². The molecule has 1 aromatic rings. The molecule has 0 spiro atoms. The standard InChI is InChI=1S/C20H29FN2O5S/c1-18(2,3)28-17(24)23-20(5,14-10-8-9-11-15(14)21)16(27-6)12-19(4,13-22)29(7,25)26/h8-11,16H,12H2,1-7H3,(H,23,24). The largest absolute Gasteiger partial charge is 0.444 e. The first-order valence-electron chi connectivity index (χ1n) is 8.99. The molecule has 3 unspecified atom stereocenters. The van der Waals surface area contributed by atoms with Gasteiger partial charge in [-0.05, 0) is 40.7 Å². The van der Waals surface area contributed by atoms with Crippen molar-refractivity contribution in [1.82, 2.24) is 5.32 Å². The number of nitrogens with zero attached hydrogens (tertiary/aromatic N) is 1. The van der Waals surface area contributed by atoms with Crippen molar-refractivity contribution in [2.45, 2.75) is 63.0 Å². The first kappa shape index (κ1) is 24.9. The zero-order valence-electron chi connectivity index (χ0n) is 17.9. The molecular formula is C20H29FN2O5S. The van der Waals surface area contributed by atoms with E-state index in [1.54, 1.807) is 26.8 Å². The molecule has 0 saturated carbocycles. The average Bonchev–Trinajstić information content (AvgIpc) is 2.56. The maximum Gasteiger partial charge on any atom is 0.408 e. The molecule has 3 atom stereocenters. The van der Waals surface area contributed by atoms with Gasteiger partial charge in [0.05, 0.1) is 17.7 Å². The Bertz CT molecular complexity index is 891. The second-order valence-corrected chi connectivity index (χ2v) is 10.8. The minimum atomic E-state index is -3.81. The number of carbonyl (C=O) groups is 1. The Balaban J connectivity index is 3.52. The van der Waals surface area contributed by atoms with Gasteiger partial charge < -0.3 is 14.8 Å². The molecule has 1 rings (SSSR count). The van der Waals surface area contributed by atoms with Crippen molar-refractivity contribution in [2.24, 2.45) is 0 Å². The van der Waals surface area contributed by atoms with E-state index < -0.39 is 43.7 Å². The summed E-state index contributed by atoms with van der Waals surface area (Å²) in [5.41, 5.74) is -2.26. The van der Waals surface area contributed by atoms with Crippen LogP contribution in [0.25, 0.3) is 0 Å². The lowest BCUT2D eigenvalue weighted by molar-refractivity contribution is -0.00240. The number of nitrogens with one attached hydrogen (secondary N) is 1. The lowest BCUT2D eigenvalue weighted by Crippen LogP contribution is -2.56. The fourth-order valence-electron chi connectivity index (χ4n) is 2.88. The molecule has 1 N–H and O–H groups in total. The first-order chi connectivity index (χ1) is 13.1. The van der Waals surface area contributed by atoms with Gasteiger partial charge in [0.2, 0.25) is 0 Å². The van der Waals surface area contributed by atoms with E-state index in [2.05, 4.69) is 5.32 Å². The van der Waals surface area contributed by atoms with Crippen LogP contribution in [0.15, 0.2) is 24.3 Å². The molecule has 0 aliphatic heterocycles. The summed E-state index contributed by atoms with van der Waals surface area (Å²) in [7, 11) is -2.50. The number of sulfone groups is 1. The van der Waals surface area contributed by atoms with Crippen LogP contribution in [-0.4, -0.2) is 44.3 Å². The predicted molar refractivity (Wildman–Crippen MR) is 107 cm³/mol. The lowest BCUT2D eigenvalue weighted by atomic mass is 9.81. The average molecular weight is 429 g/mol. The highest BCUT2D eigenvalue weighted by atomic mass is 32.2. The zero-order valence-corrected chi connectivity index (χ0v) is 18.7. The number of ether oxygens (including phenoxy) is 2. The first-order valence-corrected chi connectivity index (χ1v) is 10.9. The monoisotopic (exact) mass is 428 g/mol. The number of halogens is 1. The number of hydrogen-bond acceptors (Lipinski definition) is 6. The van der Waals surface area contributed by atoms with Crippen LogP contribution in [-0.2, 0) is 24.8 Å². The number of nitriles is 1. The van der Waals surface area contributed by atoms with Crippen molar-refractivity contribution in [3.63, 3.8) is 0 Å². The number of methoxy groups -OCH3 is 1. The van der Waals surface area contributed by atoms with Gasteiger partial charge in [0, 0.05) is 25.3 Å². The van der Waals surface area contributed by atoms with E-state index in [9.17, 15) is 22.9 Å². The third-order valence-corrected chi connectivity index (χ3v) is 6.65. The quantitative estimate of drug-likeness (QED) is 0.714. The molecule has 0 bridgehead atoms. The second kappa shape index (κ2) is 8.67. The highest BCUT2D eigenvalue weighted by Gasteiger charge is 2.47. The van der Waals surface area contributed by atoms with Crippen molar-refractivity contribution < 1.29 is 27.1 Å². The molecule has 0 aliphatic carbocycles. The van der Waals surface area contributed by atoms with Crippen LogP contribution < -0.4 is 5.32 Å². The maximum absolute atomic E-state index is 14.7. The molecule has 0 saturated heterocycles. The van der Waals surface area contributed by atoms with Crippen molar-refractivity contribution in [3.05, 3.63) is 35.6 Å². The van der Waals surface area contributed by atoms with Gasteiger partial charge in [-0.2, -0.15) is 5.26 Å². The normalized spacial score (nSPS) is 17.3. The van der Waals surface area contributed by atoms with E-state index in [-0.39, 0.29) is 12.0 Å². The van der Waals surface area contributed by atoms with Crippen LogP contribution in [0.5, 0.6) is 0 Å². The molecule has 162 valence electrons. The fourth-order valence-corrected chi connectivity index (χ4v) is 3.50. The van der Waals surface area contributed by atoms with Gasteiger partial charge in [0.1, 0.15) is 11.4 Å². The third kappa shape index (κ3) is 5.90.